The van der Waals surface area contributed by atoms with Gasteiger partial charge in [0.05, 0.1) is 0 Å². The monoisotopic (exact) mass is 262 g/mol. The largest absolute Gasteiger partial charge is 0.481 e. The average molecular weight is 262 g/mol. The lowest BCUT2D eigenvalue weighted by atomic mass is 10.1. The minimum Gasteiger partial charge on any atom is -0.481 e. The van der Waals surface area contributed by atoms with Gasteiger partial charge in [0.25, 0.3) is 0 Å². The zero-order valence-corrected chi connectivity index (χ0v) is 10.9. The molecule has 0 rings (SSSR count). The summed E-state index contributed by atoms with van der Waals surface area (Å²) in [4.78, 5) is 19.0. The van der Waals surface area contributed by atoms with Crippen LogP contribution in [0.2, 0.25) is 0 Å². The fourth-order valence-corrected chi connectivity index (χ4v) is 1.48. The molecule has 1 amide bonds. The molecule has 0 atom stereocenters. The first-order valence-electron chi connectivity index (χ1n) is 6.41. The van der Waals surface area contributed by atoms with Crippen molar-refractivity contribution < 1.29 is 19.8 Å². The van der Waals surface area contributed by atoms with Gasteiger partial charge in [0.15, 0.2) is 0 Å². The Morgan fingerprint density at radius 1 is 0.778 bits per heavy atom. The van der Waals surface area contributed by atoms with E-state index in [0.717, 1.165) is 25.8 Å². The van der Waals surface area contributed by atoms with E-state index in [0.29, 0.717) is 6.42 Å². The molecule has 0 aliphatic carbocycles. The highest BCUT2D eigenvalue weighted by Gasteiger charge is 1.96. The summed E-state index contributed by atoms with van der Waals surface area (Å²) < 4.78 is 0. The molecule has 108 valence electrons. The maximum Gasteiger partial charge on any atom is 0.402 e. The van der Waals surface area contributed by atoms with Gasteiger partial charge < -0.3 is 21.7 Å². The number of nitrogens with two attached hydrogens (primary N) is 2. The number of carboxylic acids is 1. The molecule has 0 aliphatic heterocycles. The maximum atomic E-state index is 10.2. The van der Waals surface area contributed by atoms with E-state index in [-0.39, 0.29) is 0 Å². The molecule has 0 aromatic carbocycles. The quantitative estimate of drug-likeness (QED) is 0.449. The molecule has 6 N–H and O–H groups in total. The molecule has 0 saturated carbocycles. The van der Waals surface area contributed by atoms with Crippen molar-refractivity contribution in [3.05, 3.63) is 0 Å². The van der Waals surface area contributed by atoms with Crippen LogP contribution in [0, 0.1) is 0 Å². The van der Waals surface area contributed by atoms with Crippen LogP contribution in [0.3, 0.4) is 0 Å². The molecule has 0 heterocycles. The molecule has 6 nitrogen and oxygen atoms in total. The average Bonchev–Trinajstić information content (AvgIpc) is 2.26. The molecule has 0 spiro atoms. The summed E-state index contributed by atoms with van der Waals surface area (Å²) in [6, 6.07) is 0. The number of hydrogen-bond donors (Lipinski definition) is 4. The van der Waals surface area contributed by atoms with Crippen molar-refractivity contribution in [3.63, 3.8) is 0 Å². The molecule has 0 radical (unpaired) electrons. The van der Waals surface area contributed by atoms with E-state index in [9.17, 15) is 4.79 Å². The third-order valence-electron chi connectivity index (χ3n) is 2.34. The summed E-state index contributed by atoms with van der Waals surface area (Å²) >= 11 is 0. The van der Waals surface area contributed by atoms with Gasteiger partial charge in [-0.1, -0.05) is 38.5 Å². The Bertz CT molecular complexity index is 206. The van der Waals surface area contributed by atoms with Crippen molar-refractivity contribution in [1.29, 1.82) is 0 Å². The fraction of sp³-hybridized carbons (Fsp3) is 0.833. The van der Waals surface area contributed by atoms with Gasteiger partial charge in [-0.15, -0.1) is 0 Å². The van der Waals surface area contributed by atoms with Crippen molar-refractivity contribution in [2.24, 2.45) is 11.5 Å². The second-order valence-electron chi connectivity index (χ2n) is 4.10. The van der Waals surface area contributed by atoms with Crippen molar-refractivity contribution in [2.45, 2.75) is 57.8 Å². The molecule has 18 heavy (non-hydrogen) atoms. The third kappa shape index (κ3) is 29.3. The molecule has 0 aromatic heterocycles. The summed E-state index contributed by atoms with van der Waals surface area (Å²) in [5, 5.41) is 15.6. The fourth-order valence-electron chi connectivity index (χ4n) is 1.48. The van der Waals surface area contributed by atoms with Crippen molar-refractivity contribution >= 4 is 12.1 Å². The minimum atomic E-state index is -1.33. The van der Waals surface area contributed by atoms with Crippen LogP contribution in [0.5, 0.6) is 0 Å². The lowest BCUT2D eigenvalue weighted by molar-refractivity contribution is -0.137. The third-order valence-corrected chi connectivity index (χ3v) is 2.34. The molecule has 6 heteroatoms. The van der Waals surface area contributed by atoms with Crippen molar-refractivity contribution in [1.82, 2.24) is 0 Å². The Kier molecular flexibility index (Phi) is 16.6. The zero-order valence-electron chi connectivity index (χ0n) is 10.9. The number of carbonyl (C=O) groups is 2. The minimum absolute atomic E-state index is 0.327. The van der Waals surface area contributed by atoms with E-state index >= 15 is 0 Å². The van der Waals surface area contributed by atoms with Gasteiger partial charge in [-0.2, -0.15) is 0 Å². The molecule has 0 aliphatic rings. The number of carboxylic acid groups (broad SMARTS) is 2. The van der Waals surface area contributed by atoms with Gasteiger partial charge in [-0.25, -0.2) is 4.79 Å². The van der Waals surface area contributed by atoms with E-state index < -0.39 is 12.1 Å². The molecule has 0 unspecified atom stereocenters. The predicted octanol–water partition coefficient (Wildman–Crippen LogP) is 2.16. The van der Waals surface area contributed by atoms with Crippen molar-refractivity contribution in [2.75, 3.05) is 6.54 Å². The lowest BCUT2D eigenvalue weighted by Crippen LogP contribution is -2.03. The van der Waals surface area contributed by atoms with E-state index in [1.165, 1.54) is 32.1 Å². The Morgan fingerprint density at radius 2 is 1.11 bits per heavy atom. The lowest BCUT2D eigenvalue weighted by Gasteiger charge is -2.00. The highest BCUT2D eigenvalue weighted by atomic mass is 16.4. The van der Waals surface area contributed by atoms with Gasteiger partial charge in [0, 0.05) is 6.42 Å². The summed E-state index contributed by atoms with van der Waals surface area (Å²) in [5.74, 6) is -0.673. The number of primary amides is 1. The number of amides is 1. The van der Waals surface area contributed by atoms with E-state index in [1.54, 1.807) is 0 Å². The van der Waals surface area contributed by atoms with Crippen LogP contribution in [0.4, 0.5) is 4.79 Å². The van der Waals surface area contributed by atoms with Crippen LogP contribution < -0.4 is 11.5 Å². The Hall–Kier alpha value is -1.30. The Morgan fingerprint density at radius 3 is 1.44 bits per heavy atom. The normalized spacial score (nSPS) is 9.39. The van der Waals surface area contributed by atoms with Crippen LogP contribution in [0.15, 0.2) is 0 Å². The summed E-state index contributed by atoms with van der Waals surface area (Å²) in [6.45, 7) is 0.804. The number of rotatable bonds is 10. The van der Waals surface area contributed by atoms with Gasteiger partial charge >= 0.3 is 12.1 Å². The first kappa shape index (κ1) is 19.0. The maximum absolute atomic E-state index is 10.2. The van der Waals surface area contributed by atoms with Crippen LogP contribution >= 0.6 is 0 Å². The van der Waals surface area contributed by atoms with Crippen LogP contribution in [-0.2, 0) is 4.79 Å². The smallest absolute Gasteiger partial charge is 0.402 e. The van der Waals surface area contributed by atoms with Gasteiger partial charge in [0.2, 0.25) is 0 Å². The van der Waals surface area contributed by atoms with Gasteiger partial charge in [-0.3, -0.25) is 4.79 Å². The van der Waals surface area contributed by atoms with E-state index in [4.69, 9.17) is 20.7 Å². The van der Waals surface area contributed by atoms with Crippen LogP contribution in [-0.4, -0.2) is 28.8 Å². The van der Waals surface area contributed by atoms with E-state index in [2.05, 4.69) is 5.73 Å². The topological polar surface area (TPSA) is 127 Å². The number of hydrogen-bond acceptors (Lipinski definition) is 3. The standard InChI is InChI=1S/C11H23NO2.CH3NO2/c12-10-8-6-4-2-1-3-5-7-9-11(13)14;2-1(3)4/h1-10,12H2,(H,13,14);2H2,(H,3,4). The second-order valence-corrected chi connectivity index (χ2v) is 4.10. The molecule has 0 bridgehead atoms. The van der Waals surface area contributed by atoms with Gasteiger partial charge in [-0.05, 0) is 19.4 Å². The highest BCUT2D eigenvalue weighted by Crippen LogP contribution is 2.09. The molecule has 0 saturated heterocycles. The predicted molar refractivity (Wildman–Crippen MR) is 70.5 cm³/mol. The Labute approximate surface area is 108 Å². The SMILES string of the molecule is NC(=O)O.NCCCCCCCCCCC(=O)O. The highest BCUT2D eigenvalue weighted by molar-refractivity contribution is 5.66. The van der Waals surface area contributed by atoms with Gasteiger partial charge in [0.1, 0.15) is 0 Å². The van der Waals surface area contributed by atoms with Crippen molar-refractivity contribution in [3.8, 4) is 0 Å². The van der Waals surface area contributed by atoms with Crippen LogP contribution in [0.1, 0.15) is 57.8 Å². The first-order chi connectivity index (χ1) is 8.50. The zero-order chi connectivity index (χ0) is 14.2. The first-order valence-corrected chi connectivity index (χ1v) is 6.41. The summed E-state index contributed by atoms with van der Waals surface area (Å²) in [5.41, 5.74) is 9.41. The molecule has 0 fully saturated rings. The number of unbranched alkanes of at least 4 members (excludes halogenated alkanes) is 7. The summed E-state index contributed by atoms with van der Waals surface area (Å²) in [7, 11) is 0. The molecule has 0 aromatic rings. The van der Waals surface area contributed by atoms with Crippen LogP contribution in [0.25, 0.3) is 0 Å². The number of aliphatic carboxylic acids is 1. The second kappa shape index (κ2) is 15.7. The Balaban J connectivity index is 0. The molecular formula is C12H26N2O4. The summed E-state index contributed by atoms with van der Waals surface area (Å²) in [6.07, 6.45) is 8.22. The van der Waals surface area contributed by atoms with E-state index in [1.807, 2.05) is 0 Å². The molecular weight excluding hydrogens is 236 g/mol.